The predicted molar refractivity (Wildman–Crippen MR) is 100 cm³/mol. The highest BCUT2D eigenvalue weighted by molar-refractivity contribution is 5.75. The lowest BCUT2D eigenvalue weighted by molar-refractivity contribution is -0.140. The van der Waals surface area contributed by atoms with Crippen LogP contribution in [0.1, 0.15) is 48.6 Å². The summed E-state index contributed by atoms with van der Waals surface area (Å²) < 4.78 is 45.8. The minimum atomic E-state index is -4.59. The third-order valence-electron chi connectivity index (χ3n) is 6.28. The average Bonchev–Trinajstić information content (AvgIpc) is 3.38. The van der Waals surface area contributed by atoms with Gasteiger partial charge in [0.2, 0.25) is 0 Å². The number of nitrogens with zero attached hydrogens (tertiary/aromatic N) is 3. The van der Waals surface area contributed by atoms with Crippen molar-refractivity contribution in [3.8, 4) is 11.3 Å². The molecule has 5 rings (SSSR count). The molecule has 1 saturated heterocycles. The Hall–Kier alpha value is -2.84. The van der Waals surface area contributed by atoms with Crippen LogP contribution in [0.25, 0.3) is 17.3 Å². The van der Waals surface area contributed by atoms with E-state index in [1.165, 1.54) is 17.0 Å². The van der Waals surface area contributed by atoms with Gasteiger partial charge in [-0.1, -0.05) is 17.3 Å². The van der Waals surface area contributed by atoms with Crippen LogP contribution in [0.4, 0.5) is 18.0 Å². The molecule has 3 heterocycles. The second-order valence-corrected chi connectivity index (χ2v) is 8.65. The van der Waals surface area contributed by atoms with Crippen LogP contribution < -0.4 is 0 Å². The largest absolute Gasteiger partial charge is 0.465 e. The summed E-state index contributed by atoms with van der Waals surface area (Å²) in [6, 6.07) is 2.83. The van der Waals surface area contributed by atoms with Crippen molar-refractivity contribution in [2.45, 2.75) is 37.8 Å². The molecule has 30 heavy (non-hydrogen) atoms. The number of hydrogen-bond acceptors (Lipinski definition) is 4. The molecule has 2 aliphatic carbocycles. The summed E-state index contributed by atoms with van der Waals surface area (Å²) in [6.45, 7) is 1.12. The van der Waals surface area contributed by atoms with Crippen molar-refractivity contribution in [3.63, 3.8) is 0 Å². The Morgan fingerprint density at radius 3 is 2.67 bits per heavy atom. The van der Waals surface area contributed by atoms with Gasteiger partial charge >= 0.3 is 12.3 Å². The number of alkyl halides is 3. The average molecular weight is 419 g/mol. The molecule has 2 aromatic rings. The van der Waals surface area contributed by atoms with Gasteiger partial charge in [-0.3, -0.25) is 4.98 Å². The Balaban J connectivity index is 1.40. The number of carbonyl (C=O) groups is 1. The Kier molecular flexibility index (Phi) is 4.20. The molecule has 0 unspecified atom stereocenters. The van der Waals surface area contributed by atoms with Crippen molar-refractivity contribution in [2.24, 2.45) is 11.3 Å². The number of carboxylic acid groups (broad SMARTS) is 1. The van der Waals surface area contributed by atoms with Gasteiger partial charge in [0.1, 0.15) is 11.5 Å². The Bertz CT molecular complexity index is 1010. The van der Waals surface area contributed by atoms with Gasteiger partial charge in [0.05, 0.1) is 0 Å². The van der Waals surface area contributed by atoms with Crippen LogP contribution in [-0.4, -0.2) is 39.3 Å². The minimum absolute atomic E-state index is 0.0665. The molecular formula is C21H20F3N3O3. The molecule has 0 atom stereocenters. The molecule has 1 aliphatic heterocycles. The van der Waals surface area contributed by atoms with Crippen molar-refractivity contribution in [1.29, 1.82) is 0 Å². The van der Waals surface area contributed by atoms with Crippen LogP contribution in [0, 0.1) is 11.3 Å². The summed E-state index contributed by atoms with van der Waals surface area (Å²) in [7, 11) is 0. The van der Waals surface area contributed by atoms with E-state index in [4.69, 9.17) is 9.63 Å². The maximum atomic E-state index is 13.5. The number of hydrogen-bond donors (Lipinski definition) is 1. The summed E-state index contributed by atoms with van der Waals surface area (Å²) in [6.07, 6.45) is 3.12. The number of halogens is 3. The van der Waals surface area contributed by atoms with E-state index in [1.807, 2.05) is 12.2 Å². The SMILES string of the molecule is O=C(O)N1CC2(CC(/C=C/c3c(-c4cccnc4C(F)(F)F)noc3C3CC3)C2)C1. The lowest BCUT2D eigenvalue weighted by Crippen LogP contribution is -2.63. The van der Waals surface area contributed by atoms with Gasteiger partial charge in [-0.2, -0.15) is 13.2 Å². The molecule has 0 radical (unpaired) electrons. The highest BCUT2D eigenvalue weighted by Crippen LogP contribution is 2.53. The fourth-order valence-electron chi connectivity index (χ4n) is 4.71. The first kappa shape index (κ1) is 19.1. The zero-order valence-electron chi connectivity index (χ0n) is 16.0. The zero-order chi connectivity index (χ0) is 21.1. The minimum Gasteiger partial charge on any atom is -0.465 e. The van der Waals surface area contributed by atoms with Gasteiger partial charge in [-0.25, -0.2) is 4.79 Å². The fraction of sp³-hybridized carbons (Fsp3) is 0.476. The highest BCUT2D eigenvalue weighted by Gasteiger charge is 2.53. The number of rotatable bonds is 4. The standard InChI is InChI=1S/C21H20F3N3O3/c22-21(23,24)18-15(2-1-7-25-18)16-14(17(30-26-16)13-4-5-13)6-3-12-8-20(9-12)10-27(11-20)19(28)29/h1-3,6-7,12-13H,4-5,8-11H2,(H,28,29)/b6-3+. The molecule has 158 valence electrons. The maximum Gasteiger partial charge on any atom is 0.434 e. The molecule has 2 aromatic heterocycles. The van der Waals surface area contributed by atoms with Crippen molar-refractivity contribution < 1.29 is 27.6 Å². The van der Waals surface area contributed by atoms with E-state index in [1.54, 1.807) is 0 Å². The Morgan fingerprint density at radius 1 is 1.30 bits per heavy atom. The van der Waals surface area contributed by atoms with Crippen LogP contribution in [0.5, 0.6) is 0 Å². The molecule has 0 aromatic carbocycles. The fourth-order valence-corrected chi connectivity index (χ4v) is 4.71. The monoisotopic (exact) mass is 419 g/mol. The highest BCUT2D eigenvalue weighted by atomic mass is 19.4. The van der Waals surface area contributed by atoms with Gasteiger partial charge in [-0.05, 0) is 43.7 Å². The number of aromatic nitrogens is 2. The third kappa shape index (κ3) is 3.26. The number of amides is 1. The third-order valence-corrected chi connectivity index (χ3v) is 6.28. The van der Waals surface area contributed by atoms with Gasteiger partial charge in [0, 0.05) is 41.7 Å². The predicted octanol–water partition coefficient (Wildman–Crippen LogP) is 5.04. The van der Waals surface area contributed by atoms with Gasteiger partial charge in [0.25, 0.3) is 0 Å². The van der Waals surface area contributed by atoms with Crippen molar-refractivity contribution >= 4 is 12.2 Å². The van der Waals surface area contributed by atoms with Gasteiger partial charge < -0.3 is 14.5 Å². The van der Waals surface area contributed by atoms with Gasteiger partial charge in [0.15, 0.2) is 5.69 Å². The molecule has 3 fully saturated rings. The number of allylic oxidation sites excluding steroid dienone is 1. The summed E-state index contributed by atoms with van der Waals surface area (Å²) in [5.74, 6) is 1.10. The van der Waals surface area contributed by atoms with E-state index in [0.29, 0.717) is 24.4 Å². The van der Waals surface area contributed by atoms with Crippen LogP contribution in [0.15, 0.2) is 28.9 Å². The second kappa shape index (κ2) is 6.58. The maximum absolute atomic E-state index is 13.5. The Labute approximate surface area is 170 Å². The normalized spacial score (nSPS) is 21.1. The topological polar surface area (TPSA) is 79.5 Å². The van der Waals surface area contributed by atoms with E-state index >= 15 is 0 Å². The molecule has 1 N–H and O–H groups in total. The van der Waals surface area contributed by atoms with E-state index in [9.17, 15) is 18.0 Å². The molecule has 0 bridgehead atoms. The van der Waals surface area contributed by atoms with E-state index in [0.717, 1.165) is 31.9 Å². The van der Waals surface area contributed by atoms with Crippen LogP contribution in [-0.2, 0) is 6.18 Å². The molecule has 6 nitrogen and oxygen atoms in total. The van der Waals surface area contributed by atoms with Crippen LogP contribution in [0.3, 0.4) is 0 Å². The van der Waals surface area contributed by atoms with Gasteiger partial charge in [-0.15, -0.1) is 0 Å². The lowest BCUT2D eigenvalue weighted by atomic mass is 9.58. The van der Waals surface area contributed by atoms with Crippen LogP contribution in [0.2, 0.25) is 0 Å². The summed E-state index contributed by atoms with van der Waals surface area (Å²) in [4.78, 5) is 15.9. The van der Waals surface area contributed by atoms with E-state index < -0.39 is 18.0 Å². The Morgan fingerprint density at radius 2 is 2.03 bits per heavy atom. The second-order valence-electron chi connectivity index (χ2n) is 8.65. The number of pyridine rings is 1. The smallest absolute Gasteiger partial charge is 0.434 e. The zero-order valence-corrected chi connectivity index (χ0v) is 16.0. The van der Waals surface area contributed by atoms with E-state index in [-0.39, 0.29) is 28.5 Å². The summed E-state index contributed by atoms with van der Waals surface area (Å²) in [5.41, 5.74) is -0.222. The molecule has 9 heteroatoms. The first-order valence-electron chi connectivity index (χ1n) is 9.94. The quantitative estimate of drug-likeness (QED) is 0.751. The molecule has 2 saturated carbocycles. The summed E-state index contributed by atoms with van der Waals surface area (Å²) in [5, 5.41) is 13.0. The molecular weight excluding hydrogens is 399 g/mol. The molecule has 3 aliphatic rings. The van der Waals surface area contributed by atoms with Crippen molar-refractivity contribution in [3.05, 3.63) is 41.4 Å². The van der Waals surface area contributed by atoms with Crippen molar-refractivity contribution in [1.82, 2.24) is 15.0 Å². The molecule has 1 amide bonds. The first-order valence-corrected chi connectivity index (χ1v) is 9.94. The van der Waals surface area contributed by atoms with E-state index in [2.05, 4.69) is 10.1 Å². The van der Waals surface area contributed by atoms with Crippen LogP contribution >= 0.6 is 0 Å². The first-order chi connectivity index (χ1) is 14.3. The number of likely N-dealkylation sites (tertiary alicyclic amines) is 1. The summed E-state index contributed by atoms with van der Waals surface area (Å²) >= 11 is 0. The lowest BCUT2D eigenvalue weighted by Gasteiger charge is -2.57. The molecule has 1 spiro atoms. The van der Waals surface area contributed by atoms with Crippen molar-refractivity contribution in [2.75, 3.05) is 13.1 Å².